The molecule has 0 aliphatic carbocycles. The average molecular weight is 337 g/mol. The number of amides is 2. The molecule has 2 aromatic rings. The van der Waals surface area contributed by atoms with Gasteiger partial charge in [-0.1, -0.05) is 30.3 Å². The van der Waals surface area contributed by atoms with Gasteiger partial charge in [0.2, 0.25) is 11.8 Å². The molecule has 5 nitrogen and oxygen atoms in total. The first-order chi connectivity index (χ1) is 12.0. The third-order valence-corrected chi connectivity index (χ3v) is 3.67. The Bertz CT molecular complexity index is 750. The first-order valence-corrected chi connectivity index (χ1v) is 8.04. The highest BCUT2D eigenvalue weighted by molar-refractivity contribution is 5.99. The van der Waals surface area contributed by atoms with Crippen molar-refractivity contribution in [2.45, 2.75) is 6.92 Å². The summed E-state index contributed by atoms with van der Waals surface area (Å²) >= 11 is 0. The normalized spacial score (nSPS) is 10.9. The molecule has 0 saturated heterocycles. The van der Waals surface area contributed by atoms with Crippen LogP contribution in [0.3, 0.4) is 0 Å². The fraction of sp³-hybridized carbons (Fsp3) is 0.200. The lowest BCUT2D eigenvalue weighted by atomic mass is 10.1. The third-order valence-electron chi connectivity index (χ3n) is 3.67. The van der Waals surface area contributed by atoms with Crippen LogP contribution in [0.25, 0.3) is 5.57 Å². The predicted octanol–water partition coefficient (Wildman–Crippen LogP) is 2.91. The lowest BCUT2D eigenvalue weighted by Gasteiger charge is -2.13. The maximum absolute atomic E-state index is 11.9. The molecule has 0 aromatic heterocycles. The lowest BCUT2D eigenvalue weighted by Crippen LogP contribution is -2.31. The summed E-state index contributed by atoms with van der Waals surface area (Å²) in [5.41, 5.74) is 3.56. The van der Waals surface area contributed by atoms with Crippen molar-refractivity contribution < 1.29 is 9.59 Å². The third kappa shape index (κ3) is 5.80. The summed E-state index contributed by atoms with van der Waals surface area (Å²) in [6, 6.07) is 17.1. The number of nitrogens with one attached hydrogen (secondary N) is 2. The minimum atomic E-state index is -0.292. The van der Waals surface area contributed by atoms with Crippen LogP contribution in [0.4, 0.5) is 11.4 Å². The molecular formula is C20H23N3O2. The summed E-state index contributed by atoms with van der Waals surface area (Å²) in [5.74, 6) is -0.559. The van der Waals surface area contributed by atoms with Crippen molar-refractivity contribution in [3.05, 3.63) is 66.2 Å². The molecule has 0 bridgehead atoms. The van der Waals surface area contributed by atoms with Crippen LogP contribution in [0.1, 0.15) is 12.5 Å². The molecule has 0 fully saturated rings. The Kier molecular flexibility index (Phi) is 6.34. The van der Waals surface area contributed by atoms with Crippen molar-refractivity contribution in [3.63, 3.8) is 0 Å². The zero-order valence-electron chi connectivity index (χ0n) is 14.7. The van der Waals surface area contributed by atoms with Crippen molar-refractivity contribution in [1.82, 2.24) is 5.32 Å². The molecule has 5 heteroatoms. The van der Waals surface area contributed by atoms with E-state index in [1.165, 1.54) is 6.08 Å². The quantitative estimate of drug-likeness (QED) is 0.797. The molecule has 0 atom stereocenters. The van der Waals surface area contributed by atoms with Crippen molar-refractivity contribution in [1.29, 1.82) is 0 Å². The Morgan fingerprint density at radius 2 is 1.64 bits per heavy atom. The Hall–Kier alpha value is -3.08. The monoisotopic (exact) mass is 337 g/mol. The van der Waals surface area contributed by atoms with Gasteiger partial charge in [0.25, 0.3) is 0 Å². The number of nitrogens with zero attached hydrogens (tertiary/aromatic N) is 1. The van der Waals surface area contributed by atoms with Gasteiger partial charge in [0.15, 0.2) is 0 Å². The van der Waals surface area contributed by atoms with Gasteiger partial charge in [-0.05, 0) is 42.3 Å². The molecule has 0 aliphatic rings. The van der Waals surface area contributed by atoms with Crippen molar-refractivity contribution in [2.24, 2.45) is 0 Å². The molecule has 25 heavy (non-hydrogen) atoms. The first-order valence-electron chi connectivity index (χ1n) is 8.04. The summed E-state index contributed by atoms with van der Waals surface area (Å²) in [4.78, 5) is 25.8. The Morgan fingerprint density at radius 1 is 1.00 bits per heavy atom. The van der Waals surface area contributed by atoms with Gasteiger partial charge in [0.1, 0.15) is 0 Å². The molecule has 0 radical (unpaired) electrons. The van der Waals surface area contributed by atoms with Crippen molar-refractivity contribution >= 4 is 28.8 Å². The van der Waals surface area contributed by atoms with E-state index in [9.17, 15) is 9.59 Å². The van der Waals surface area contributed by atoms with E-state index in [1.54, 1.807) is 0 Å². The van der Waals surface area contributed by atoms with Crippen LogP contribution in [0, 0.1) is 0 Å². The summed E-state index contributed by atoms with van der Waals surface area (Å²) in [7, 11) is 3.90. The highest BCUT2D eigenvalue weighted by atomic mass is 16.2. The second-order valence-corrected chi connectivity index (χ2v) is 5.90. The standard InChI is InChI=1S/C20H23N3O2/c1-15(16-7-5-4-6-8-16)13-19(24)21-14-20(25)22-17-9-11-18(12-10-17)23(2)3/h4-13H,14H2,1-3H3,(H,21,24)(H,22,25)/b15-13+. The molecule has 2 rings (SSSR count). The van der Waals surface area contributed by atoms with E-state index in [4.69, 9.17) is 0 Å². The van der Waals surface area contributed by atoms with E-state index in [0.717, 1.165) is 16.8 Å². The number of hydrogen-bond acceptors (Lipinski definition) is 3. The number of allylic oxidation sites excluding steroid dienone is 1. The molecule has 2 amide bonds. The number of carbonyl (C=O) groups excluding carboxylic acids is 2. The van der Waals surface area contributed by atoms with Gasteiger partial charge in [-0.15, -0.1) is 0 Å². The van der Waals surface area contributed by atoms with Crippen LogP contribution in [0.15, 0.2) is 60.7 Å². The molecule has 0 spiro atoms. The number of benzene rings is 2. The molecule has 0 aliphatic heterocycles. The molecule has 0 saturated carbocycles. The molecule has 130 valence electrons. The predicted molar refractivity (Wildman–Crippen MR) is 103 cm³/mol. The maximum Gasteiger partial charge on any atom is 0.244 e. The largest absolute Gasteiger partial charge is 0.378 e. The van der Waals surface area contributed by atoms with Gasteiger partial charge in [0.05, 0.1) is 6.54 Å². The smallest absolute Gasteiger partial charge is 0.244 e. The summed E-state index contributed by atoms with van der Waals surface area (Å²) < 4.78 is 0. The van der Waals surface area contributed by atoms with Crippen LogP contribution < -0.4 is 15.5 Å². The van der Waals surface area contributed by atoms with Crippen LogP contribution in [-0.4, -0.2) is 32.5 Å². The minimum absolute atomic E-state index is 0.0766. The van der Waals surface area contributed by atoms with Gasteiger partial charge in [0, 0.05) is 31.5 Å². The zero-order chi connectivity index (χ0) is 18.2. The van der Waals surface area contributed by atoms with Gasteiger partial charge >= 0.3 is 0 Å². The Balaban J connectivity index is 1.84. The number of carbonyl (C=O) groups is 2. The molecule has 2 aromatic carbocycles. The van der Waals surface area contributed by atoms with Crippen LogP contribution >= 0.6 is 0 Å². The topological polar surface area (TPSA) is 61.4 Å². The van der Waals surface area contributed by atoms with Crippen LogP contribution in [0.2, 0.25) is 0 Å². The van der Waals surface area contributed by atoms with Crippen LogP contribution in [0.5, 0.6) is 0 Å². The number of rotatable bonds is 6. The van der Waals surface area contributed by atoms with Gasteiger partial charge in [-0.25, -0.2) is 0 Å². The van der Waals surface area contributed by atoms with Gasteiger partial charge < -0.3 is 15.5 Å². The van der Waals surface area contributed by atoms with E-state index in [1.807, 2.05) is 80.5 Å². The highest BCUT2D eigenvalue weighted by Crippen LogP contribution is 2.15. The fourth-order valence-electron chi connectivity index (χ4n) is 2.25. The van der Waals surface area contributed by atoms with E-state index < -0.39 is 0 Å². The Labute approximate surface area is 148 Å². The highest BCUT2D eigenvalue weighted by Gasteiger charge is 2.05. The summed E-state index contributed by atoms with van der Waals surface area (Å²) in [5, 5.41) is 5.35. The molecular weight excluding hydrogens is 314 g/mol. The molecule has 0 heterocycles. The van der Waals surface area contributed by atoms with E-state index >= 15 is 0 Å². The van der Waals surface area contributed by atoms with Gasteiger partial charge in [-0.2, -0.15) is 0 Å². The first kappa shape index (κ1) is 18.3. The second-order valence-electron chi connectivity index (χ2n) is 5.90. The van der Waals surface area contributed by atoms with E-state index in [2.05, 4.69) is 10.6 Å². The fourth-order valence-corrected chi connectivity index (χ4v) is 2.25. The Morgan fingerprint density at radius 3 is 2.24 bits per heavy atom. The number of hydrogen-bond donors (Lipinski definition) is 2. The van der Waals surface area contributed by atoms with E-state index in [-0.39, 0.29) is 18.4 Å². The summed E-state index contributed by atoms with van der Waals surface area (Å²) in [6.07, 6.45) is 1.49. The number of anilines is 2. The lowest BCUT2D eigenvalue weighted by molar-refractivity contribution is -0.121. The SMILES string of the molecule is C/C(=C\C(=O)NCC(=O)Nc1ccc(N(C)C)cc1)c1ccccc1. The summed E-state index contributed by atoms with van der Waals surface area (Å²) in [6.45, 7) is 1.79. The van der Waals surface area contributed by atoms with E-state index in [0.29, 0.717) is 5.69 Å². The van der Waals surface area contributed by atoms with Gasteiger partial charge in [-0.3, -0.25) is 9.59 Å². The van der Waals surface area contributed by atoms with Crippen molar-refractivity contribution in [2.75, 3.05) is 30.9 Å². The minimum Gasteiger partial charge on any atom is -0.378 e. The van der Waals surface area contributed by atoms with Crippen LogP contribution in [-0.2, 0) is 9.59 Å². The average Bonchev–Trinajstić information content (AvgIpc) is 2.61. The van der Waals surface area contributed by atoms with Crippen molar-refractivity contribution in [3.8, 4) is 0 Å². The zero-order valence-corrected chi connectivity index (χ0v) is 14.7. The maximum atomic E-state index is 11.9. The second kappa shape index (κ2) is 8.68. The molecule has 2 N–H and O–H groups in total. The molecule has 0 unspecified atom stereocenters.